The van der Waals surface area contributed by atoms with Crippen molar-refractivity contribution in [3.63, 3.8) is 0 Å². The minimum atomic E-state index is -3.45. The van der Waals surface area contributed by atoms with Crippen LogP contribution in [0.4, 0.5) is 0 Å². The van der Waals surface area contributed by atoms with Crippen molar-refractivity contribution in [1.29, 1.82) is 0 Å². The lowest BCUT2D eigenvalue weighted by Gasteiger charge is -2.35. The number of rotatable bonds is 6. The van der Waals surface area contributed by atoms with Crippen LogP contribution in [0.1, 0.15) is 38.4 Å². The third-order valence-electron chi connectivity index (χ3n) is 4.69. The quantitative estimate of drug-likeness (QED) is 0.775. The normalized spacial score (nSPS) is 18.7. The van der Waals surface area contributed by atoms with Crippen molar-refractivity contribution < 1.29 is 13.2 Å². The van der Waals surface area contributed by atoms with Gasteiger partial charge in [0.25, 0.3) is 5.56 Å². The summed E-state index contributed by atoms with van der Waals surface area (Å²) in [5, 5.41) is 1.80. The van der Waals surface area contributed by atoms with Gasteiger partial charge in [0.2, 0.25) is 15.9 Å². The molecule has 0 aromatic carbocycles. The summed E-state index contributed by atoms with van der Waals surface area (Å²) in [6.07, 6.45) is 2.61. The molecule has 0 radical (unpaired) electrons. The molecule has 10 heteroatoms. The Morgan fingerprint density at radius 1 is 1.44 bits per heavy atom. The van der Waals surface area contributed by atoms with Crippen molar-refractivity contribution >= 4 is 37.5 Å². The van der Waals surface area contributed by atoms with Gasteiger partial charge in [-0.25, -0.2) is 13.4 Å². The molecule has 8 nitrogen and oxygen atoms in total. The van der Waals surface area contributed by atoms with Gasteiger partial charge in [-0.05, 0) is 30.7 Å². The van der Waals surface area contributed by atoms with Gasteiger partial charge in [-0.3, -0.25) is 9.59 Å². The second-order valence-corrected chi connectivity index (χ2v) is 9.74. The van der Waals surface area contributed by atoms with Crippen molar-refractivity contribution in [2.45, 2.75) is 45.2 Å². The molecule has 3 rings (SSSR count). The van der Waals surface area contributed by atoms with Gasteiger partial charge in [-0.1, -0.05) is 13.3 Å². The number of carbonyl (C=O) groups excluding carboxylic acids is 1. The topological polar surface area (TPSA) is 103 Å². The Labute approximate surface area is 162 Å². The van der Waals surface area contributed by atoms with Crippen LogP contribution in [0.3, 0.4) is 0 Å². The number of hydrogen-bond acceptors (Lipinski definition) is 6. The maximum atomic E-state index is 13.0. The summed E-state index contributed by atoms with van der Waals surface area (Å²) in [5.41, 5.74) is 0.375. The number of carbonyl (C=O) groups is 1. The zero-order valence-corrected chi connectivity index (χ0v) is 17.1. The molecule has 0 spiro atoms. The molecule has 1 aliphatic rings. The Kier molecular flexibility index (Phi) is 5.97. The van der Waals surface area contributed by atoms with Gasteiger partial charge in [-0.2, -0.15) is 4.31 Å². The lowest BCUT2D eigenvalue weighted by atomic mass is 10.0. The number of nitrogens with one attached hydrogen (secondary N) is 1. The molecule has 1 fully saturated rings. The van der Waals surface area contributed by atoms with Crippen LogP contribution in [-0.4, -0.2) is 58.9 Å². The Hall–Kier alpha value is -1.78. The molecule has 0 saturated carbocycles. The van der Waals surface area contributed by atoms with Gasteiger partial charge in [0.05, 0.1) is 17.8 Å². The molecule has 0 aliphatic carbocycles. The molecular formula is C17H24N4O4S2. The summed E-state index contributed by atoms with van der Waals surface area (Å²) in [7, 11) is -1.84. The minimum Gasteiger partial charge on any atom is -0.337 e. The predicted molar refractivity (Wildman–Crippen MR) is 105 cm³/mol. The van der Waals surface area contributed by atoms with Crippen LogP contribution < -0.4 is 5.56 Å². The van der Waals surface area contributed by atoms with E-state index in [9.17, 15) is 18.0 Å². The number of piperidine rings is 1. The van der Waals surface area contributed by atoms with Crippen LogP contribution in [0.5, 0.6) is 0 Å². The number of sulfonamides is 1. The van der Waals surface area contributed by atoms with Crippen LogP contribution >= 0.6 is 11.3 Å². The Bertz CT molecular complexity index is 982. The highest BCUT2D eigenvalue weighted by molar-refractivity contribution is 7.89. The largest absolute Gasteiger partial charge is 0.337 e. The zero-order valence-electron chi connectivity index (χ0n) is 15.5. The monoisotopic (exact) mass is 412 g/mol. The zero-order chi connectivity index (χ0) is 19.6. The average Bonchev–Trinajstić information content (AvgIpc) is 3.10. The number of hydrogen-bond donors (Lipinski definition) is 1. The number of nitrogens with zero attached hydrogens (tertiary/aromatic N) is 3. The van der Waals surface area contributed by atoms with Gasteiger partial charge >= 0.3 is 0 Å². The Morgan fingerprint density at radius 3 is 2.96 bits per heavy atom. The number of thiophene rings is 1. The van der Waals surface area contributed by atoms with E-state index in [0.717, 1.165) is 12.8 Å². The van der Waals surface area contributed by atoms with E-state index in [1.54, 1.807) is 18.5 Å². The third kappa shape index (κ3) is 4.22. The second kappa shape index (κ2) is 8.07. The van der Waals surface area contributed by atoms with Crippen LogP contribution in [0.2, 0.25) is 0 Å². The Balaban J connectivity index is 1.79. The first-order valence-electron chi connectivity index (χ1n) is 9.04. The molecule has 27 heavy (non-hydrogen) atoms. The second-order valence-electron chi connectivity index (χ2n) is 6.78. The first-order valence-corrected chi connectivity index (χ1v) is 11.5. The first kappa shape index (κ1) is 20.0. The molecule has 1 aliphatic heterocycles. The summed E-state index contributed by atoms with van der Waals surface area (Å²) < 4.78 is 27.0. The lowest BCUT2D eigenvalue weighted by molar-refractivity contribution is -0.135. The lowest BCUT2D eigenvalue weighted by Crippen LogP contribution is -2.52. The van der Waals surface area contributed by atoms with E-state index in [1.165, 1.54) is 20.5 Å². The molecule has 1 N–H and O–H groups in total. The number of likely N-dealkylation sites (N-methyl/N-ethyl adjacent to an activating group) is 1. The number of fused-ring (bicyclic) bond motifs is 1. The highest BCUT2D eigenvalue weighted by Crippen LogP contribution is 2.23. The molecule has 2 aromatic rings. The van der Waals surface area contributed by atoms with E-state index in [-0.39, 0.29) is 23.8 Å². The van der Waals surface area contributed by atoms with Crippen LogP contribution in [0, 0.1) is 0 Å². The van der Waals surface area contributed by atoms with E-state index >= 15 is 0 Å². The molecule has 1 atom stereocenters. The maximum absolute atomic E-state index is 13.0. The van der Waals surface area contributed by atoms with Gasteiger partial charge < -0.3 is 9.88 Å². The molecule has 2 aromatic heterocycles. The number of aromatic nitrogens is 2. The molecule has 1 saturated heterocycles. The van der Waals surface area contributed by atoms with E-state index in [1.807, 2.05) is 6.92 Å². The maximum Gasteiger partial charge on any atom is 0.268 e. The molecular weight excluding hydrogens is 388 g/mol. The molecule has 0 bridgehead atoms. The molecule has 1 unspecified atom stereocenters. The summed E-state index contributed by atoms with van der Waals surface area (Å²) in [6, 6.07) is 1.08. The number of H-pyrrole nitrogens is 1. The van der Waals surface area contributed by atoms with E-state index in [4.69, 9.17) is 0 Å². The molecule has 148 valence electrons. The van der Waals surface area contributed by atoms with Crippen LogP contribution in [-0.2, 0) is 21.4 Å². The van der Waals surface area contributed by atoms with E-state index in [2.05, 4.69) is 9.97 Å². The fourth-order valence-electron chi connectivity index (χ4n) is 3.41. The highest BCUT2D eigenvalue weighted by atomic mass is 32.2. The van der Waals surface area contributed by atoms with Gasteiger partial charge in [0, 0.05) is 13.6 Å². The fraction of sp³-hybridized carbons (Fsp3) is 0.588. The molecule has 1 amide bonds. The van der Waals surface area contributed by atoms with Crippen molar-refractivity contribution in [1.82, 2.24) is 19.2 Å². The van der Waals surface area contributed by atoms with Crippen molar-refractivity contribution in [2.75, 3.05) is 19.3 Å². The predicted octanol–water partition coefficient (Wildman–Crippen LogP) is 1.54. The minimum absolute atomic E-state index is 0.0458. The first-order chi connectivity index (χ1) is 12.8. The smallest absolute Gasteiger partial charge is 0.268 e. The number of amides is 1. The van der Waals surface area contributed by atoms with E-state index in [0.29, 0.717) is 35.4 Å². The van der Waals surface area contributed by atoms with Gasteiger partial charge in [-0.15, -0.1) is 11.3 Å². The van der Waals surface area contributed by atoms with Crippen molar-refractivity contribution in [3.05, 3.63) is 27.6 Å². The van der Waals surface area contributed by atoms with Crippen molar-refractivity contribution in [2.24, 2.45) is 0 Å². The Morgan fingerprint density at radius 2 is 2.22 bits per heavy atom. The van der Waals surface area contributed by atoms with Crippen LogP contribution in [0.15, 0.2) is 16.2 Å². The fourth-order valence-corrected chi connectivity index (χ4v) is 5.88. The third-order valence-corrected chi connectivity index (χ3v) is 7.66. The SMILES string of the molecule is CCCS(=O)(=O)N1CCCCC1C(=O)N(C)Cc1nc2ccsc2c(=O)[nH]1. The summed E-state index contributed by atoms with van der Waals surface area (Å²) in [4.78, 5) is 33.6. The molecule has 3 heterocycles. The summed E-state index contributed by atoms with van der Waals surface area (Å²) >= 11 is 1.32. The summed E-state index contributed by atoms with van der Waals surface area (Å²) in [5.74, 6) is 0.174. The van der Waals surface area contributed by atoms with E-state index < -0.39 is 16.1 Å². The highest BCUT2D eigenvalue weighted by Gasteiger charge is 2.37. The summed E-state index contributed by atoms with van der Waals surface area (Å²) in [6.45, 7) is 2.31. The standard InChI is InChI=1S/C17H24N4O4S2/c1-3-10-27(24,25)21-8-5-4-6-13(21)17(23)20(2)11-14-18-12-7-9-26-15(12)16(22)19-14/h7,9,13H,3-6,8,10-11H2,1-2H3,(H,18,19,22). The van der Waals surface area contributed by atoms with Gasteiger partial charge in [0.1, 0.15) is 16.6 Å². The van der Waals surface area contributed by atoms with Crippen molar-refractivity contribution in [3.8, 4) is 0 Å². The average molecular weight is 413 g/mol. The van der Waals surface area contributed by atoms with Crippen LogP contribution in [0.25, 0.3) is 10.2 Å². The number of aromatic amines is 1. The van der Waals surface area contributed by atoms with Gasteiger partial charge in [0.15, 0.2) is 0 Å².